The minimum absolute atomic E-state index is 0.115. The first-order valence-corrected chi connectivity index (χ1v) is 9.80. The summed E-state index contributed by atoms with van der Waals surface area (Å²) < 4.78 is 16.6. The SMILES string of the molecule is CC(c1ccc(-c2ccccc2)c(F)c1)c1n[nH]c(=S)n1/N=C/c1ccccc1O. The Morgan fingerprint density at radius 3 is 2.57 bits per heavy atom. The number of rotatable bonds is 5. The summed E-state index contributed by atoms with van der Waals surface area (Å²) in [5.74, 6) is 0.0886. The van der Waals surface area contributed by atoms with Gasteiger partial charge in [0.1, 0.15) is 11.6 Å². The van der Waals surface area contributed by atoms with E-state index in [1.54, 1.807) is 30.3 Å². The molecule has 0 aliphatic rings. The molecular weight excluding hydrogens is 399 g/mol. The van der Waals surface area contributed by atoms with Gasteiger partial charge in [0, 0.05) is 17.0 Å². The molecule has 7 heteroatoms. The van der Waals surface area contributed by atoms with Gasteiger partial charge in [0.05, 0.1) is 6.21 Å². The molecule has 4 rings (SSSR count). The van der Waals surface area contributed by atoms with Crippen LogP contribution in [0, 0.1) is 10.6 Å². The zero-order chi connectivity index (χ0) is 21.1. The number of H-pyrrole nitrogens is 1. The summed E-state index contributed by atoms with van der Waals surface area (Å²) in [5.41, 5.74) is 2.67. The average Bonchev–Trinajstić information content (AvgIpc) is 3.13. The van der Waals surface area contributed by atoms with E-state index in [9.17, 15) is 9.50 Å². The highest BCUT2D eigenvalue weighted by Crippen LogP contribution is 2.29. The van der Waals surface area contributed by atoms with Crippen LogP contribution < -0.4 is 0 Å². The highest BCUT2D eigenvalue weighted by atomic mass is 32.1. The maximum absolute atomic E-state index is 14.8. The summed E-state index contributed by atoms with van der Waals surface area (Å²) in [7, 11) is 0. The lowest BCUT2D eigenvalue weighted by molar-refractivity contribution is 0.474. The number of para-hydroxylation sites is 1. The standard InChI is InChI=1S/C23H19FN4OS/c1-15(17-11-12-19(20(24)13-17)16-7-3-2-4-8-16)22-26-27-23(30)28(22)25-14-18-9-5-6-10-21(18)29/h2-15,29H,1H3,(H,27,30)/b25-14+. The maximum atomic E-state index is 14.8. The van der Waals surface area contributed by atoms with Crippen molar-refractivity contribution in [2.45, 2.75) is 12.8 Å². The fourth-order valence-electron chi connectivity index (χ4n) is 3.21. The van der Waals surface area contributed by atoms with E-state index in [0.29, 0.717) is 21.7 Å². The number of hydrogen-bond donors (Lipinski definition) is 2. The number of hydrogen-bond acceptors (Lipinski definition) is 4. The molecule has 0 spiro atoms. The molecule has 30 heavy (non-hydrogen) atoms. The van der Waals surface area contributed by atoms with Crippen molar-refractivity contribution < 1.29 is 9.50 Å². The number of benzene rings is 3. The lowest BCUT2D eigenvalue weighted by Gasteiger charge is -2.13. The summed E-state index contributed by atoms with van der Waals surface area (Å²) in [5, 5.41) is 21.3. The van der Waals surface area contributed by atoms with Crippen LogP contribution in [0.4, 0.5) is 4.39 Å². The number of phenolic OH excluding ortho intramolecular Hbond substituents is 1. The Morgan fingerprint density at radius 2 is 1.83 bits per heavy atom. The zero-order valence-electron chi connectivity index (χ0n) is 16.2. The molecule has 0 amide bonds. The topological polar surface area (TPSA) is 66.2 Å². The molecule has 1 aromatic heterocycles. The molecule has 1 atom stereocenters. The van der Waals surface area contributed by atoms with Crippen molar-refractivity contribution in [3.8, 4) is 16.9 Å². The predicted molar refractivity (Wildman–Crippen MR) is 118 cm³/mol. The smallest absolute Gasteiger partial charge is 0.216 e. The van der Waals surface area contributed by atoms with Gasteiger partial charge < -0.3 is 5.11 Å². The van der Waals surface area contributed by atoms with Crippen molar-refractivity contribution in [2.75, 3.05) is 0 Å². The summed E-state index contributed by atoms with van der Waals surface area (Å²) in [6.07, 6.45) is 1.51. The van der Waals surface area contributed by atoms with Crippen LogP contribution in [0.2, 0.25) is 0 Å². The number of nitrogens with zero attached hydrogens (tertiary/aromatic N) is 3. The summed E-state index contributed by atoms with van der Waals surface area (Å²) in [4.78, 5) is 0. The van der Waals surface area contributed by atoms with E-state index in [0.717, 1.165) is 11.1 Å². The Hall–Kier alpha value is -3.58. The van der Waals surface area contributed by atoms with Gasteiger partial charge in [-0.3, -0.25) is 5.10 Å². The van der Waals surface area contributed by atoms with Crippen LogP contribution in [-0.4, -0.2) is 26.2 Å². The predicted octanol–water partition coefficient (Wildman–Crippen LogP) is 5.49. The van der Waals surface area contributed by atoms with Gasteiger partial charge >= 0.3 is 0 Å². The Bertz CT molecular complexity index is 1260. The quantitative estimate of drug-likeness (QED) is 0.333. The molecule has 0 saturated heterocycles. The van der Waals surface area contributed by atoms with Crippen LogP contribution in [-0.2, 0) is 0 Å². The maximum Gasteiger partial charge on any atom is 0.216 e. The molecular formula is C23H19FN4OS. The molecule has 4 aromatic rings. The van der Waals surface area contributed by atoms with Crippen molar-refractivity contribution in [2.24, 2.45) is 5.10 Å². The van der Waals surface area contributed by atoms with Crippen LogP contribution >= 0.6 is 12.2 Å². The second kappa shape index (κ2) is 8.42. The second-order valence-electron chi connectivity index (χ2n) is 6.83. The summed E-state index contributed by atoms with van der Waals surface area (Å²) >= 11 is 5.30. The fourth-order valence-corrected chi connectivity index (χ4v) is 3.40. The van der Waals surface area contributed by atoms with E-state index in [1.165, 1.54) is 17.0 Å². The van der Waals surface area contributed by atoms with Crippen LogP contribution in [0.3, 0.4) is 0 Å². The highest BCUT2D eigenvalue weighted by Gasteiger charge is 2.18. The van der Waals surface area contributed by atoms with Crippen LogP contribution in [0.25, 0.3) is 11.1 Å². The average molecular weight is 418 g/mol. The van der Waals surface area contributed by atoms with Crippen molar-refractivity contribution in [3.05, 3.63) is 100 Å². The van der Waals surface area contributed by atoms with Crippen LogP contribution in [0.1, 0.15) is 29.8 Å². The Morgan fingerprint density at radius 1 is 1.10 bits per heavy atom. The van der Waals surface area contributed by atoms with E-state index in [2.05, 4.69) is 15.3 Å². The van der Waals surface area contributed by atoms with Gasteiger partial charge in [-0.15, -0.1) is 0 Å². The molecule has 0 radical (unpaired) electrons. The number of phenols is 1. The normalized spacial score (nSPS) is 12.3. The van der Waals surface area contributed by atoms with Gasteiger partial charge in [0.2, 0.25) is 4.77 Å². The van der Waals surface area contributed by atoms with Gasteiger partial charge in [-0.2, -0.15) is 14.9 Å². The van der Waals surface area contributed by atoms with Gasteiger partial charge in [0.15, 0.2) is 5.82 Å². The molecule has 3 aromatic carbocycles. The minimum Gasteiger partial charge on any atom is -0.507 e. The Kier molecular flexibility index (Phi) is 5.54. The van der Waals surface area contributed by atoms with Crippen molar-refractivity contribution in [3.63, 3.8) is 0 Å². The Balaban J connectivity index is 1.66. The summed E-state index contributed by atoms with van der Waals surface area (Å²) in [6.45, 7) is 1.91. The third-order valence-electron chi connectivity index (χ3n) is 4.89. The van der Waals surface area contributed by atoms with E-state index in [1.807, 2.05) is 43.3 Å². The summed E-state index contributed by atoms with van der Waals surface area (Å²) in [6, 6.07) is 21.4. The van der Waals surface area contributed by atoms with E-state index in [-0.39, 0.29) is 17.5 Å². The van der Waals surface area contributed by atoms with Gasteiger partial charge in [0.25, 0.3) is 0 Å². The van der Waals surface area contributed by atoms with Crippen molar-refractivity contribution >= 4 is 18.4 Å². The largest absolute Gasteiger partial charge is 0.507 e. The molecule has 0 bridgehead atoms. The highest BCUT2D eigenvalue weighted by molar-refractivity contribution is 7.71. The molecule has 2 N–H and O–H groups in total. The first-order valence-electron chi connectivity index (χ1n) is 9.39. The molecule has 0 fully saturated rings. The van der Waals surface area contributed by atoms with E-state index < -0.39 is 0 Å². The molecule has 1 heterocycles. The van der Waals surface area contributed by atoms with Gasteiger partial charge in [-0.25, -0.2) is 4.39 Å². The molecule has 5 nitrogen and oxygen atoms in total. The van der Waals surface area contributed by atoms with Gasteiger partial charge in [-0.05, 0) is 41.5 Å². The van der Waals surface area contributed by atoms with Crippen LogP contribution in [0.15, 0.2) is 77.9 Å². The first-order chi connectivity index (χ1) is 14.5. The van der Waals surface area contributed by atoms with Crippen molar-refractivity contribution in [1.82, 2.24) is 14.9 Å². The number of halogens is 1. The molecule has 150 valence electrons. The third kappa shape index (κ3) is 3.92. The number of aromatic hydroxyl groups is 1. The van der Waals surface area contributed by atoms with Crippen LogP contribution in [0.5, 0.6) is 5.75 Å². The van der Waals surface area contributed by atoms with E-state index in [4.69, 9.17) is 12.2 Å². The molecule has 1 unspecified atom stereocenters. The molecule has 0 aliphatic heterocycles. The zero-order valence-corrected chi connectivity index (χ0v) is 17.0. The minimum atomic E-state index is -0.302. The molecule has 0 saturated carbocycles. The fraction of sp³-hybridized carbons (Fsp3) is 0.0870. The first kappa shape index (κ1) is 19.7. The lowest BCUT2D eigenvalue weighted by Crippen LogP contribution is -2.06. The number of aromatic nitrogens is 3. The van der Waals surface area contributed by atoms with Gasteiger partial charge in [-0.1, -0.05) is 61.5 Å². The van der Waals surface area contributed by atoms with Crippen molar-refractivity contribution in [1.29, 1.82) is 0 Å². The number of nitrogens with one attached hydrogen (secondary N) is 1. The molecule has 0 aliphatic carbocycles. The lowest BCUT2D eigenvalue weighted by atomic mass is 9.96. The monoisotopic (exact) mass is 418 g/mol. The Labute approximate surface area is 178 Å². The number of aromatic amines is 1. The van der Waals surface area contributed by atoms with E-state index >= 15 is 0 Å². The third-order valence-corrected chi connectivity index (χ3v) is 5.15. The second-order valence-corrected chi connectivity index (χ2v) is 7.22.